The first-order valence-corrected chi connectivity index (χ1v) is 8.41. The quantitative estimate of drug-likeness (QED) is 0.364. The molecule has 2 amide bonds. The maximum atomic E-state index is 13.1. The summed E-state index contributed by atoms with van der Waals surface area (Å²) in [6.07, 6.45) is 5.29. The molecule has 0 unspecified atom stereocenters. The Bertz CT molecular complexity index is 827. The van der Waals surface area contributed by atoms with E-state index in [9.17, 15) is 19.7 Å². The molecule has 6 rings (SSSR count). The van der Waals surface area contributed by atoms with Gasteiger partial charge in [-0.05, 0) is 36.2 Å². The number of carbonyl (C=O) groups is 2. The van der Waals surface area contributed by atoms with Crippen LogP contribution in [0.5, 0.6) is 5.75 Å². The molecule has 2 bridgehead atoms. The largest absolute Gasteiger partial charge is 0.495 e. The first-order valence-electron chi connectivity index (χ1n) is 8.41. The number of ether oxygens (including phenoxy) is 1. The van der Waals surface area contributed by atoms with Gasteiger partial charge >= 0.3 is 0 Å². The Morgan fingerprint density at radius 2 is 1.72 bits per heavy atom. The SMILES string of the molecule is COc1ccc([N+](=O)[O-])cc1N1C(=O)[C@H]2[C@@H]3C=C[C@H]([C@@H]4C[C@H]34)[C@@H]2C1=O. The van der Waals surface area contributed by atoms with Crippen molar-refractivity contribution in [2.24, 2.45) is 35.5 Å². The molecule has 0 N–H and O–H groups in total. The molecular weight excluding hydrogens is 324 g/mol. The average molecular weight is 340 g/mol. The molecule has 128 valence electrons. The van der Waals surface area contributed by atoms with E-state index in [1.54, 1.807) is 0 Å². The van der Waals surface area contributed by atoms with Gasteiger partial charge in [0.15, 0.2) is 0 Å². The number of benzene rings is 1. The standard InChI is InChI=1S/C18H16N2O5/c1-25-14-5-2-8(20(23)24)6-13(14)19-17(21)15-9-3-4-10(12-7-11(9)12)16(15)18(19)22/h2-6,9-12,15-16H,7H2,1H3/t9-,10-,11-,12+,15+,16+/m1/s1. The molecule has 0 spiro atoms. The van der Waals surface area contributed by atoms with Crippen molar-refractivity contribution in [2.75, 3.05) is 12.0 Å². The molecule has 6 atom stereocenters. The van der Waals surface area contributed by atoms with Gasteiger partial charge in [0.2, 0.25) is 11.8 Å². The monoisotopic (exact) mass is 340 g/mol. The molecule has 7 nitrogen and oxygen atoms in total. The van der Waals surface area contributed by atoms with Crippen LogP contribution in [-0.4, -0.2) is 23.8 Å². The number of methoxy groups -OCH3 is 1. The van der Waals surface area contributed by atoms with Crippen LogP contribution in [0.25, 0.3) is 0 Å². The number of hydrogen-bond acceptors (Lipinski definition) is 5. The number of rotatable bonds is 3. The van der Waals surface area contributed by atoms with Crippen LogP contribution in [-0.2, 0) is 9.59 Å². The van der Waals surface area contributed by atoms with Crippen LogP contribution < -0.4 is 9.64 Å². The molecule has 1 saturated heterocycles. The normalized spacial score (nSPS) is 37.1. The minimum atomic E-state index is -0.540. The van der Waals surface area contributed by atoms with Crippen molar-refractivity contribution in [3.8, 4) is 5.75 Å². The molecular formula is C18H16N2O5. The molecule has 1 aromatic carbocycles. The molecule has 0 aromatic heterocycles. The van der Waals surface area contributed by atoms with Crippen LogP contribution in [0.2, 0.25) is 0 Å². The third kappa shape index (κ3) is 1.75. The number of carbonyl (C=O) groups excluding carboxylic acids is 2. The third-order valence-electron chi connectivity index (χ3n) is 6.28. The van der Waals surface area contributed by atoms with Crippen LogP contribution in [0.15, 0.2) is 30.4 Å². The molecule has 1 aromatic rings. The first-order chi connectivity index (χ1) is 12.0. The highest BCUT2D eigenvalue weighted by Crippen LogP contribution is 2.65. The number of non-ortho nitro benzene ring substituents is 1. The van der Waals surface area contributed by atoms with Gasteiger partial charge in [-0.25, -0.2) is 4.90 Å². The zero-order valence-corrected chi connectivity index (χ0v) is 13.5. The Labute approximate surface area is 143 Å². The molecule has 25 heavy (non-hydrogen) atoms. The lowest BCUT2D eigenvalue weighted by atomic mass is 9.63. The predicted octanol–water partition coefficient (Wildman–Crippen LogP) is 2.16. The van der Waals surface area contributed by atoms with E-state index in [4.69, 9.17) is 4.74 Å². The fourth-order valence-corrected chi connectivity index (χ4v) is 5.16. The van der Waals surface area contributed by atoms with Crippen molar-refractivity contribution >= 4 is 23.2 Å². The average Bonchev–Trinajstić information content (AvgIpc) is 3.39. The van der Waals surface area contributed by atoms with Gasteiger partial charge < -0.3 is 4.74 Å². The van der Waals surface area contributed by atoms with Crippen molar-refractivity contribution in [2.45, 2.75) is 6.42 Å². The van der Waals surface area contributed by atoms with Gasteiger partial charge in [-0.2, -0.15) is 0 Å². The smallest absolute Gasteiger partial charge is 0.271 e. The van der Waals surface area contributed by atoms with Crippen LogP contribution in [0, 0.1) is 45.6 Å². The second-order valence-corrected chi connectivity index (χ2v) is 7.28. The van der Waals surface area contributed by atoms with Crippen molar-refractivity contribution in [1.82, 2.24) is 0 Å². The minimum absolute atomic E-state index is 0.117. The summed E-state index contributed by atoms with van der Waals surface area (Å²) in [7, 11) is 1.42. The van der Waals surface area contributed by atoms with E-state index in [2.05, 4.69) is 12.2 Å². The lowest BCUT2D eigenvalue weighted by Crippen LogP contribution is -2.40. The highest BCUT2D eigenvalue weighted by atomic mass is 16.6. The zero-order valence-electron chi connectivity index (χ0n) is 13.5. The fourth-order valence-electron chi connectivity index (χ4n) is 5.16. The second-order valence-electron chi connectivity index (χ2n) is 7.28. The molecule has 2 saturated carbocycles. The summed E-state index contributed by atoms with van der Waals surface area (Å²) in [5, 5.41) is 11.1. The second kappa shape index (κ2) is 4.68. The number of allylic oxidation sites excluding steroid dienone is 2. The van der Waals surface area contributed by atoms with E-state index in [1.165, 1.54) is 25.3 Å². The lowest BCUT2D eigenvalue weighted by molar-refractivity contribution is -0.384. The number of hydrogen-bond donors (Lipinski definition) is 0. The van der Waals surface area contributed by atoms with Crippen molar-refractivity contribution in [1.29, 1.82) is 0 Å². The molecule has 1 aliphatic heterocycles. The molecule has 3 fully saturated rings. The Kier molecular flexibility index (Phi) is 2.74. The molecule has 7 heteroatoms. The van der Waals surface area contributed by atoms with E-state index in [-0.39, 0.29) is 52.6 Å². The summed E-state index contributed by atoms with van der Waals surface area (Å²) in [6.45, 7) is 0. The van der Waals surface area contributed by atoms with Crippen molar-refractivity contribution in [3.05, 3.63) is 40.5 Å². The molecule has 1 heterocycles. The summed E-state index contributed by atoms with van der Waals surface area (Å²) >= 11 is 0. The van der Waals surface area contributed by atoms with E-state index >= 15 is 0 Å². The van der Waals surface area contributed by atoms with E-state index in [0.717, 1.165) is 11.3 Å². The number of nitro groups is 1. The third-order valence-corrected chi connectivity index (χ3v) is 6.28. The van der Waals surface area contributed by atoms with Gasteiger partial charge in [-0.15, -0.1) is 0 Å². The Hall–Kier alpha value is -2.70. The summed E-state index contributed by atoms with van der Waals surface area (Å²) in [5.74, 6) is 0.371. The Morgan fingerprint density at radius 3 is 2.24 bits per heavy atom. The fraction of sp³-hybridized carbons (Fsp3) is 0.444. The maximum Gasteiger partial charge on any atom is 0.271 e. The molecule has 4 aliphatic carbocycles. The summed E-state index contributed by atoms with van der Waals surface area (Å²) in [4.78, 5) is 37.9. The van der Waals surface area contributed by atoms with Crippen LogP contribution in [0.1, 0.15) is 6.42 Å². The van der Waals surface area contributed by atoms with Gasteiger partial charge in [0.1, 0.15) is 11.4 Å². The summed E-state index contributed by atoms with van der Waals surface area (Å²) < 4.78 is 5.26. The number of amides is 2. The Balaban J connectivity index is 1.60. The molecule has 0 radical (unpaired) electrons. The van der Waals surface area contributed by atoms with E-state index in [0.29, 0.717) is 11.8 Å². The zero-order chi connectivity index (χ0) is 17.5. The van der Waals surface area contributed by atoms with Gasteiger partial charge in [0.25, 0.3) is 5.69 Å². The topological polar surface area (TPSA) is 89.8 Å². The van der Waals surface area contributed by atoms with Gasteiger partial charge in [-0.1, -0.05) is 12.2 Å². The first kappa shape index (κ1) is 14.6. The van der Waals surface area contributed by atoms with Crippen LogP contribution in [0.3, 0.4) is 0 Å². The molecule has 5 aliphatic rings. The predicted molar refractivity (Wildman–Crippen MR) is 86.8 cm³/mol. The number of imide groups is 1. The number of anilines is 1. The highest BCUT2D eigenvalue weighted by Gasteiger charge is 2.67. The Morgan fingerprint density at radius 1 is 1.12 bits per heavy atom. The lowest BCUT2D eigenvalue weighted by Gasteiger charge is -2.37. The summed E-state index contributed by atoms with van der Waals surface area (Å²) in [6, 6.07) is 3.99. The number of nitro benzene ring substituents is 1. The van der Waals surface area contributed by atoms with Crippen LogP contribution in [0.4, 0.5) is 11.4 Å². The van der Waals surface area contributed by atoms with Crippen molar-refractivity contribution in [3.63, 3.8) is 0 Å². The summed E-state index contributed by atoms with van der Waals surface area (Å²) in [5.41, 5.74) is 0.00406. The van der Waals surface area contributed by atoms with Gasteiger partial charge in [0, 0.05) is 12.1 Å². The van der Waals surface area contributed by atoms with Gasteiger partial charge in [0.05, 0.1) is 23.9 Å². The number of nitrogens with zero attached hydrogens (tertiary/aromatic N) is 2. The minimum Gasteiger partial charge on any atom is -0.495 e. The highest BCUT2D eigenvalue weighted by molar-refractivity contribution is 6.23. The van der Waals surface area contributed by atoms with E-state index in [1.807, 2.05) is 0 Å². The van der Waals surface area contributed by atoms with Gasteiger partial charge in [-0.3, -0.25) is 19.7 Å². The van der Waals surface area contributed by atoms with Crippen molar-refractivity contribution < 1.29 is 19.2 Å². The maximum absolute atomic E-state index is 13.1. The van der Waals surface area contributed by atoms with Crippen LogP contribution >= 0.6 is 0 Å². The van der Waals surface area contributed by atoms with E-state index < -0.39 is 4.92 Å².